The number of methoxy groups -OCH3 is 1. The molecule has 3 aromatic rings. The Labute approximate surface area is 190 Å². The molecule has 0 spiro atoms. The van der Waals surface area contributed by atoms with Gasteiger partial charge in [0.05, 0.1) is 44.9 Å². The van der Waals surface area contributed by atoms with Crippen LogP contribution in [0.5, 0.6) is 0 Å². The van der Waals surface area contributed by atoms with Crippen LogP contribution in [0.3, 0.4) is 0 Å². The van der Waals surface area contributed by atoms with Crippen molar-refractivity contribution in [1.29, 1.82) is 0 Å². The van der Waals surface area contributed by atoms with Crippen LogP contribution in [0.4, 0.5) is 4.39 Å². The minimum absolute atomic E-state index is 0.0390. The van der Waals surface area contributed by atoms with Gasteiger partial charge in [0.25, 0.3) is 0 Å². The zero-order chi connectivity index (χ0) is 22.5. The van der Waals surface area contributed by atoms with E-state index in [0.29, 0.717) is 35.8 Å². The summed E-state index contributed by atoms with van der Waals surface area (Å²) in [5, 5.41) is 15.1. The minimum atomic E-state index is -0.317. The normalized spacial score (nSPS) is 22.2. The van der Waals surface area contributed by atoms with Crippen LogP contribution in [0.25, 0.3) is 27.9 Å². The smallest absolute Gasteiger partial charge is 0.183 e. The molecule has 2 unspecified atom stereocenters. The van der Waals surface area contributed by atoms with E-state index in [1.54, 1.807) is 25.7 Å². The number of fused-ring (bicyclic) bond motifs is 2. The van der Waals surface area contributed by atoms with E-state index < -0.39 is 0 Å². The van der Waals surface area contributed by atoms with Crippen LogP contribution < -0.4 is 0 Å². The summed E-state index contributed by atoms with van der Waals surface area (Å²) in [4.78, 5) is 4.53. The number of benzene rings is 1. The lowest BCUT2D eigenvalue weighted by Gasteiger charge is -2.38. The Bertz CT molecular complexity index is 1330. The van der Waals surface area contributed by atoms with Crippen LogP contribution >= 0.6 is 0 Å². The zero-order valence-corrected chi connectivity index (χ0v) is 18.3. The molecule has 9 heteroatoms. The minimum Gasteiger partial charge on any atom is -0.496 e. The molecule has 1 aromatic carbocycles. The lowest BCUT2D eigenvalue weighted by Crippen LogP contribution is -2.50. The van der Waals surface area contributed by atoms with Gasteiger partial charge in [-0.05, 0) is 30.7 Å². The molecule has 1 fully saturated rings. The third-order valence-electron chi connectivity index (χ3n) is 6.55. The van der Waals surface area contributed by atoms with Gasteiger partial charge in [0.15, 0.2) is 5.65 Å². The maximum Gasteiger partial charge on any atom is 0.183 e. The average molecular weight is 446 g/mol. The van der Waals surface area contributed by atoms with Crippen LogP contribution in [-0.4, -0.2) is 63.4 Å². The van der Waals surface area contributed by atoms with Crippen molar-refractivity contribution in [2.75, 3.05) is 20.3 Å². The molecule has 1 aliphatic carbocycles. The van der Waals surface area contributed by atoms with Crippen molar-refractivity contribution >= 4 is 23.0 Å². The molecule has 3 aliphatic rings. The standard InChI is InChI=1S/C24H23FN6O2/c1-3-30-13-26-23-19(10-27-29-24(23)30)14-4-5-20(25)17(6-14)18-7-15-9-28-31(16-11-33-12-16)21(15)8-22(18)32-2/h4-10,13,15-16,21H,3,11-12H2,1-2H3. The van der Waals surface area contributed by atoms with Crippen molar-refractivity contribution < 1.29 is 13.9 Å². The highest BCUT2D eigenvalue weighted by Gasteiger charge is 2.39. The first-order valence-corrected chi connectivity index (χ1v) is 11.0. The fourth-order valence-electron chi connectivity index (χ4n) is 4.67. The Morgan fingerprint density at radius 1 is 1.21 bits per heavy atom. The van der Waals surface area contributed by atoms with Crippen LogP contribution in [0.1, 0.15) is 12.5 Å². The molecule has 2 aliphatic heterocycles. The fraction of sp³-hybridized carbons (Fsp3) is 0.333. The highest BCUT2D eigenvalue weighted by molar-refractivity contribution is 5.91. The van der Waals surface area contributed by atoms with Gasteiger partial charge in [-0.15, -0.1) is 5.10 Å². The molecule has 0 bridgehead atoms. The third-order valence-corrected chi connectivity index (χ3v) is 6.55. The highest BCUT2D eigenvalue weighted by atomic mass is 19.1. The summed E-state index contributed by atoms with van der Waals surface area (Å²) in [7, 11) is 1.61. The number of allylic oxidation sites excluding steroid dienone is 1. The van der Waals surface area contributed by atoms with Gasteiger partial charge in [0, 0.05) is 35.4 Å². The van der Waals surface area contributed by atoms with Crippen LogP contribution in [0, 0.1) is 11.7 Å². The first kappa shape index (κ1) is 20.0. The summed E-state index contributed by atoms with van der Waals surface area (Å²) in [6.45, 7) is 4.11. The van der Waals surface area contributed by atoms with Crippen molar-refractivity contribution in [3.05, 3.63) is 60.0 Å². The van der Waals surface area contributed by atoms with E-state index in [1.165, 1.54) is 6.07 Å². The molecule has 0 N–H and O–H groups in total. The zero-order valence-electron chi connectivity index (χ0n) is 18.3. The number of hydrazone groups is 1. The number of nitrogens with zero attached hydrogens (tertiary/aromatic N) is 6. The van der Waals surface area contributed by atoms with Gasteiger partial charge >= 0.3 is 0 Å². The first-order valence-electron chi connectivity index (χ1n) is 11.0. The summed E-state index contributed by atoms with van der Waals surface area (Å²) >= 11 is 0. The van der Waals surface area contributed by atoms with Crippen molar-refractivity contribution in [2.24, 2.45) is 11.0 Å². The quantitative estimate of drug-likeness (QED) is 0.599. The summed E-state index contributed by atoms with van der Waals surface area (Å²) in [5.41, 5.74) is 4.27. The third kappa shape index (κ3) is 3.14. The molecule has 33 heavy (non-hydrogen) atoms. The number of aromatic nitrogens is 4. The summed E-state index contributed by atoms with van der Waals surface area (Å²) < 4.78 is 28.1. The van der Waals surface area contributed by atoms with Gasteiger partial charge in [-0.3, -0.25) is 5.01 Å². The number of hydrogen-bond donors (Lipinski definition) is 0. The maximum absolute atomic E-state index is 15.1. The predicted molar refractivity (Wildman–Crippen MR) is 122 cm³/mol. The number of hydrogen-bond acceptors (Lipinski definition) is 7. The van der Waals surface area contributed by atoms with E-state index >= 15 is 4.39 Å². The molecule has 0 amide bonds. The molecule has 1 saturated heterocycles. The SMILES string of the molecule is CCn1cnc2c(-c3ccc(F)c(C4=CC5C=NN(C6COC6)C5C=C4OC)c3)cnnc21. The Morgan fingerprint density at radius 2 is 2.09 bits per heavy atom. The van der Waals surface area contributed by atoms with Crippen molar-refractivity contribution in [3.8, 4) is 11.1 Å². The summed E-state index contributed by atoms with van der Waals surface area (Å²) in [5.74, 6) is 0.358. The van der Waals surface area contributed by atoms with E-state index in [0.717, 1.165) is 23.2 Å². The maximum atomic E-state index is 15.1. The van der Waals surface area contributed by atoms with Gasteiger partial charge in [0.2, 0.25) is 0 Å². The Kier molecular flexibility index (Phi) is 4.72. The second-order valence-electron chi connectivity index (χ2n) is 8.37. The van der Waals surface area contributed by atoms with Gasteiger partial charge in [-0.2, -0.15) is 10.2 Å². The van der Waals surface area contributed by atoms with E-state index in [4.69, 9.17) is 9.47 Å². The lowest BCUT2D eigenvalue weighted by molar-refractivity contribution is -0.0709. The van der Waals surface area contributed by atoms with E-state index in [-0.39, 0.29) is 23.8 Å². The molecule has 2 aromatic heterocycles. The van der Waals surface area contributed by atoms with Crippen LogP contribution in [0.2, 0.25) is 0 Å². The van der Waals surface area contributed by atoms with Gasteiger partial charge < -0.3 is 14.0 Å². The van der Waals surface area contributed by atoms with E-state index in [9.17, 15) is 0 Å². The molecule has 4 heterocycles. The molecule has 8 nitrogen and oxygen atoms in total. The molecular weight excluding hydrogens is 423 g/mol. The van der Waals surface area contributed by atoms with Crippen molar-refractivity contribution in [2.45, 2.75) is 25.6 Å². The molecule has 168 valence electrons. The van der Waals surface area contributed by atoms with Crippen molar-refractivity contribution in [1.82, 2.24) is 24.8 Å². The van der Waals surface area contributed by atoms with E-state index in [2.05, 4.69) is 25.3 Å². The summed E-state index contributed by atoms with van der Waals surface area (Å²) in [6, 6.07) is 5.38. The van der Waals surface area contributed by atoms with Crippen LogP contribution in [0.15, 0.2) is 53.7 Å². The number of aryl methyl sites for hydroxylation is 1. The van der Waals surface area contributed by atoms with E-state index in [1.807, 2.05) is 35.9 Å². The molecule has 2 atom stereocenters. The molecule has 0 saturated carbocycles. The Hall–Kier alpha value is -3.59. The number of rotatable bonds is 5. The molecular formula is C24H23FN6O2. The summed E-state index contributed by atoms with van der Waals surface area (Å²) in [6.07, 6.45) is 9.42. The van der Waals surface area contributed by atoms with Crippen molar-refractivity contribution in [3.63, 3.8) is 0 Å². The number of imidazole rings is 1. The first-order chi connectivity index (χ1) is 16.2. The Balaban J connectivity index is 1.41. The monoisotopic (exact) mass is 446 g/mol. The fourth-order valence-corrected chi connectivity index (χ4v) is 4.67. The Morgan fingerprint density at radius 3 is 2.85 bits per heavy atom. The highest BCUT2D eigenvalue weighted by Crippen LogP contribution is 2.39. The van der Waals surface area contributed by atoms with Gasteiger partial charge in [0.1, 0.15) is 17.1 Å². The lowest BCUT2D eigenvalue weighted by atomic mass is 9.87. The topological polar surface area (TPSA) is 77.7 Å². The van der Waals surface area contributed by atoms with Gasteiger partial charge in [-0.25, -0.2) is 9.37 Å². The van der Waals surface area contributed by atoms with Crippen LogP contribution in [-0.2, 0) is 16.0 Å². The van der Waals surface area contributed by atoms with Gasteiger partial charge in [-0.1, -0.05) is 12.1 Å². The number of halogens is 1. The molecule has 6 rings (SSSR count). The predicted octanol–water partition coefficient (Wildman–Crippen LogP) is 3.26. The largest absolute Gasteiger partial charge is 0.496 e. The number of ether oxygens (including phenoxy) is 2. The second kappa shape index (κ2) is 7.77. The second-order valence-corrected chi connectivity index (χ2v) is 8.37. The molecule has 0 radical (unpaired) electrons. The average Bonchev–Trinajstić information content (AvgIpc) is 3.41.